The molecule has 1 N–H and O–H groups in total. The molecule has 2 aromatic carbocycles. The van der Waals surface area contributed by atoms with Gasteiger partial charge in [-0.05, 0) is 55.9 Å². The molecular weight excluding hydrogens is 258 g/mol. The molecule has 1 fully saturated rings. The molecule has 2 heteroatoms. The van der Waals surface area contributed by atoms with E-state index in [-0.39, 0.29) is 0 Å². The lowest BCUT2D eigenvalue weighted by Gasteiger charge is -2.28. The zero-order chi connectivity index (χ0) is 14.5. The zero-order valence-electron chi connectivity index (χ0n) is 12.6. The van der Waals surface area contributed by atoms with E-state index in [4.69, 9.17) is 4.74 Å². The highest BCUT2D eigenvalue weighted by atomic mass is 16.5. The molecule has 110 valence electrons. The van der Waals surface area contributed by atoms with Gasteiger partial charge >= 0.3 is 0 Å². The quantitative estimate of drug-likeness (QED) is 0.802. The van der Waals surface area contributed by atoms with Crippen LogP contribution in [0, 0.1) is 5.92 Å². The number of nitrogens with one attached hydrogen (secondary N) is 1. The summed E-state index contributed by atoms with van der Waals surface area (Å²) < 4.78 is 6.01. The third kappa shape index (κ3) is 3.78. The predicted molar refractivity (Wildman–Crippen MR) is 88.0 cm³/mol. The molecule has 1 saturated carbocycles. The first kappa shape index (κ1) is 14.0. The molecule has 2 nitrogen and oxygen atoms in total. The molecule has 3 rings (SSSR count). The van der Waals surface area contributed by atoms with Crippen molar-refractivity contribution in [2.75, 3.05) is 5.32 Å². The van der Waals surface area contributed by atoms with Gasteiger partial charge in [0, 0.05) is 6.04 Å². The molecule has 0 radical (unpaired) electrons. The van der Waals surface area contributed by atoms with Crippen LogP contribution >= 0.6 is 0 Å². The molecule has 0 unspecified atom stereocenters. The summed E-state index contributed by atoms with van der Waals surface area (Å²) in [6, 6.07) is 18.7. The van der Waals surface area contributed by atoms with E-state index in [1.54, 1.807) is 0 Å². The highest BCUT2D eigenvalue weighted by molar-refractivity contribution is 5.58. The van der Waals surface area contributed by atoms with Crippen molar-refractivity contribution < 1.29 is 4.74 Å². The van der Waals surface area contributed by atoms with Crippen molar-refractivity contribution >= 4 is 5.69 Å². The number of hydrogen-bond donors (Lipinski definition) is 1. The summed E-state index contributed by atoms with van der Waals surface area (Å²) in [5.74, 6) is 2.66. The van der Waals surface area contributed by atoms with Gasteiger partial charge in [0.05, 0.1) is 5.69 Å². The fourth-order valence-electron chi connectivity index (χ4n) is 2.91. The second-order valence-corrected chi connectivity index (χ2v) is 6.01. The van der Waals surface area contributed by atoms with Gasteiger partial charge in [0.15, 0.2) is 5.75 Å². The summed E-state index contributed by atoms with van der Waals surface area (Å²) in [7, 11) is 0. The van der Waals surface area contributed by atoms with Crippen molar-refractivity contribution in [3.05, 3.63) is 54.6 Å². The Bertz CT molecular complexity index is 559. The molecule has 0 heterocycles. The van der Waals surface area contributed by atoms with Crippen LogP contribution in [0.3, 0.4) is 0 Å². The van der Waals surface area contributed by atoms with Crippen LogP contribution in [0.5, 0.6) is 11.5 Å². The lowest BCUT2D eigenvalue weighted by Crippen LogP contribution is -2.25. The molecule has 0 amide bonds. The van der Waals surface area contributed by atoms with Gasteiger partial charge in [-0.15, -0.1) is 0 Å². The molecule has 1 aliphatic rings. The van der Waals surface area contributed by atoms with Crippen molar-refractivity contribution in [2.24, 2.45) is 5.92 Å². The topological polar surface area (TPSA) is 21.3 Å². The number of anilines is 1. The maximum absolute atomic E-state index is 6.01. The molecule has 0 atom stereocenters. The lowest BCUT2D eigenvalue weighted by molar-refractivity contribution is 0.360. The molecule has 0 spiro atoms. The minimum atomic E-state index is 0.571. The monoisotopic (exact) mass is 281 g/mol. The maximum atomic E-state index is 6.01. The van der Waals surface area contributed by atoms with Gasteiger partial charge in [-0.2, -0.15) is 0 Å². The summed E-state index contributed by atoms with van der Waals surface area (Å²) in [5, 5.41) is 3.67. The van der Waals surface area contributed by atoms with Crippen LogP contribution < -0.4 is 10.1 Å². The van der Waals surface area contributed by atoms with Crippen molar-refractivity contribution in [3.8, 4) is 11.5 Å². The van der Waals surface area contributed by atoms with Crippen molar-refractivity contribution in [1.82, 2.24) is 0 Å². The van der Waals surface area contributed by atoms with E-state index in [2.05, 4.69) is 24.4 Å². The highest BCUT2D eigenvalue weighted by Gasteiger charge is 2.19. The lowest BCUT2D eigenvalue weighted by atomic mass is 9.87. The Morgan fingerprint density at radius 2 is 1.52 bits per heavy atom. The second-order valence-electron chi connectivity index (χ2n) is 6.01. The molecule has 0 aromatic heterocycles. The van der Waals surface area contributed by atoms with Crippen LogP contribution in [0.15, 0.2) is 54.6 Å². The van der Waals surface area contributed by atoms with Crippen molar-refractivity contribution in [1.29, 1.82) is 0 Å². The first-order chi connectivity index (χ1) is 10.3. The Labute approximate surface area is 127 Å². The van der Waals surface area contributed by atoms with Crippen molar-refractivity contribution in [2.45, 2.75) is 38.6 Å². The number of ether oxygens (including phenoxy) is 1. The highest BCUT2D eigenvalue weighted by Crippen LogP contribution is 2.32. The average Bonchev–Trinajstić information content (AvgIpc) is 2.52. The first-order valence-corrected chi connectivity index (χ1v) is 7.90. The minimum Gasteiger partial charge on any atom is -0.455 e. The molecule has 0 saturated heterocycles. The molecule has 21 heavy (non-hydrogen) atoms. The Hall–Kier alpha value is -1.96. The standard InChI is InChI=1S/C19H23NO/c1-15-11-13-16(14-12-15)20-18-9-5-6-10-19(18)21-17-7-3-2-4-8-17/h2-10,15-16,20H,11-14H2,1H3. The summed E-state index contributed by atoms with van der Waals surface area (Å²) >= 11 is 0. The van der Waals surface area contributed by atoms with Crippen LogP contribution in [0.1, 0.15) is 32.6 Å². The molecule has 1 aliphatic carbocycles. The fourth-order valence-corrected chi connectivity index (χ4v) is 2.91. The van der Waals surface area contributed by atoms with Gasteiger partial charge in [0.2, 0.25) is 0 Å². The molecule has 0 aliphatic heterocycles. The fraction of sp³-hybridized carbons (Fsp3) is 0.368. The SMILES string of the molecule is CC1CCC(Nc2ccccc2Oc2ccccc2)CC1. The van der Waals surface area contributed by atoms with Crippen LogP contribution in [0.4, 0.5) is 5.69 Å². The van der Waals surface area contributed by atoms with Gasteiger partial charge in [-0.25, -0.2) is 0 Å². The van der Waals surface area contributed by atoms with Crippen LogP contribution in [-0.2, 0) is 0 Å². The summed E-state index contributed by atoms with van der Waals surface area (Å²) in [6.45, 7) is 2.35. The average molecular weight is 281 g/mol. The van der Waals surface area contributed by atoms with Crippen LogP contribution in [0.25, 0.3) is 0 Å². The normalized spacial score (nSPS) is 21.8. The maximum Gasteiger partial charge on any atom is 0.150 e. The molecule has 2 aromatic rings. The summed E-state index contributed by atoms with van der Waals surface area (Å²) in [5.41, 5.74) is 1.10. The number of rotatable bonds is 4. The Morgan fingerprint density at radius 3 is 2.29 bits per heavy atom. The van der Waals surface area contributed by atoms with E-state index in [9.17, 15) is 0 Å². The third-order valence-corrected chi connectivity index (χ3v) is 4.23. The Balaban J connectivity index is 1.70. The van der Waals surface area contributed by atoms with E-state index in [1.807, 2.05) is 42.5 Å². The number of hydrogen-bond acceptors (Lipinski definition) is 2. The Morgan fingerprint density at radius 1 is 0.857 bits per heavy atom. The predicted octanol–water partition coefficient (Wildman–Crippen LogP) is 5.47. The van der Waals surface area contributed by atoms with E-state index in [0.717, 1.165) is 23.1 Å². The van der Waals surface area contributed by atoms with E-state index in [0.29, 0.717) is 6.04 Å². The third-order valence-electron chi connectivity index (χ3n) is 4.23. The van der Waals surface area contributed by atoms with Gasteiger partial charge in [-0.1, -0.05) is 37.3 Å². The Kier molecular flexibility index (Phi) is 4.44. The van der Waals surface area contributed by atoms with Gasteiger partial charge < -0.3 is 10.1 Å². The summed E-state index contributed by atoms with van der Waals surface area (Å²) in [6.07, 6.45) is 5.14. The van der Waals surface area contributed by atoms with Gasteiger partial charge in [-0.3, -0.25) is 0 Å². The molecular formula is C19H23NO. The first-order valence-electron chi connectivity index (χ1n) is 7.90. The summed E-state index contributed by atoms with van der Waals surface area (Å²) in [4.78, 5) is 0. The van der Waals surface area contributed by atoms with E-state index in [1.165, 1.54) is 25.7 Å². The minimum absolute atomic E-state index is 0.571. The van der Waals surface area contributed by atoms with Crippen molar-refractivity contribution in [3.63, 3.8) is 0 Å². The van der Waals surface area contributed by atoms with E-state index >= 15 is 0 Å². The largest absolute Gasteiger partial charge is 0.455 e. The number of benzene rings is 2. The van der Waals surface area contributed by atoms with Gasteiger partial charge in [0.1, 0.15) is 5.75 Å². The van der Waals surface area contributed by atoms with E-state index < -0.39 is 0 Å². The van der Waals surface area contributed by atoms with Gasteiger partial charge in [0.25, 0.3) is 0 Å². The number of para-hydroxylation sites is 3. The van der Waals surface area contributed by atoms with Crippen LogP contribution in [0.2, 0.25) is 0 Å². The second kappa shape index (κ2) is 6.66. The smallest absolute Gasteiger partial charge is 0.150 e. The molecule has 0 bridgehead atoms. The van der Waals surface area contributed by atoms with Crippen LogP contribution in [-0.4, -0.2) is 6.04 Å². The zero-order valence-corrected chi connectivity index (χ0v) is 12.6.